The highest BCUT2D eigenvalue weighted by Crippen LogP contribution is 2.15. The highest BCUT2D eigenvalue weighted by Gasteiger charge is 2.30. The summed E-state index contributed by atoms with van der Waals surface area (Å²) in [7, 11) is 0. The van der Waals surface area contributed by atoms with Gasteiger partial charge in [0.05, 0.1) is 18.7 Å². The quantitative estimate of drug-likeness (QED) is 0.157. The van der Waals surface area contributed by atoms with Crippen LogP contribution in [0.1, 0.15) is 88.8 Å². The van der Waals surface area contributed by atoms with Gasteiger partial charge in [-0.25, -0.2) is 14.2 Å². The molecule has 1 aromatic rings. The molecule has 2 heterocycles. The number of hydrogen-bond acceptors (Lipinski definition) is 8. The SMILES string of the molecule is C/C=C1\NC(=O)c2nc(ccc2F)CNC(=O)C[C@@H](/C=C/CCSC(=O)CCCCCC)OC(=O)[C@H](C(C)C)NC1=O. The third-order valence-electron chi connectivity index (χ3n) is 6.36. The number of pyridine rings is 1. The number of thioether (sulfide) groups is 1. The molecule has 0 unspecified atom stereocenters. The summed E-state index contributed by atoms with van der Waals surface area (Å²) in [4.78, 5) is 67.6. The number of amides is 3. The van der Waals surface area contributed by atoms with Crippen molar-refractivity contribution < 1.29 is 33.1 Å². The van der Waals surface area contributed by atoms with Crippen molar-refractivity contribution in [3.8, 4) is 0 Å². The number of aromatic nitrogens is 1. The first-order chi connectivity index (χ1) is 20.0. The smallest absolute Gasteiger partial charge is 0.329 e. The highest BCUT2D eigenvalue weighted by molar-refractivity contribution is 8.13. The van der Waals surface area contributed by atoms with Crippen molar-refractivity contribution in [1.82, 2.24) is 20.9 Å². The van der Waals surface area contributed by atoms with Gasteiger partial charge >= 0.3 is 5.97 Å². The zero-order valence-corrected chi connectivity index (χ0v) is 25.5. The van der Waals surface area contributed by atoms with Crippen molar-refractivity contribution in [3.05, 3.63) is 53.3 Å². The minimum Gasteiger partial charge on any atom is -0.456 e. The molecule has 0 fully saturated rings. The Balaban J connectivity index is 2.21. The Kier molecular flexibility index (Phi) is 14.9. The molecule has 0 saturated carbocycles. The number of hydrogen-bond donors (Lipinski definition) is 3. The van der Waals surface area contributed by atoms with E-state index in [2.05, 4.69) is 27.9 Å². The van der Waals surface area contributed by atoms with Gasteiger partial charge in [0, 0.05) is 12.2 Å². The van der Waals surface area contributed by atoms with Gasteiger partial charge in [-0.2, -0.15) is 0 Å². The van der Waals surface area contributed by atoms with Gasteiger partial charge < -0.3 is 20.7 Å². The van der Waals surface area contributed by atoms with Crippen LogP contribution in [0.25, 0.3) is 0 Å². The van der Waals surface area contributed by atoms with Crippen LogP contribution >= 0.6 is 11.8 Å². The largest absolute Gasteiger partial charge is 0.456 e. The molecule has 0 radical (unpaired) electrons. The lowest BCUT2D eigenvalue weighted by Crippen LogP contribution is -2.48. The molecular weight excluding hydrogens is 563 g/mol. The van der Waals surface area contributed by atoms with Gasteiger partial charge in [-0.3, -0.25) is 19.2 Å². The van der Waals surface area contributed by atoms with E-state index in [1.807, 2.05) is 0 Å². The number of unbranched alkanes of at least 4 members (excludes halogenated alkanes) is 3. The van der Waals surface area contributed by atoms with E-state index in [-0.39, 0.29) is 29.5 Å². The van der Waals surface area contributed by atoms with Crippen molar-refractivity contribution >= 4 is 40.6 Å². The maximum atomic E-state index is 14.4. The summed E-state index contributed by atoms with van der Waals surface area (Å²) in [6, 6.07) is 1.28. The third kappa shape index (κ3) is 11.8. The Morgan fingerprint density at radius 3 is 2.62 bits per heavy atom. The number of nitrogens with one attached hydrogen (secondary N) is 3. The van der Waals surface area contributed by atoms with Gasteiger partial charge in [0.15, 0.2) is 16.6 Å². The number of fused-ring (bicyclic) bond motifs is 2. The molecule has 1 aliphatic heterocycles. The Morgan fingerprint density at radius 1 is 1.17 bits per heavy atom. The normalized spacial score (nSPS) is 19.9. The van der Waals surface area contributed by atoms with E-state index in [0.29, 0.717) is 18.6 Å². The average Bonchev–Trinajstić information content (AvgIpc) is 2.95. The fourth-order valence-corrected chi connectivity index (χ4v) is 4.74. The van der Waals surface area contributed by atoms with Gasteiger partial charge in [0.1, 0.15) is 17.8 Å². The lowest BCUT2D eigenvalue weighted by Gasteiger charge is -2.24. The number of allylic oxidation sites excluding steroid dienone is 2. The molecule has 2 bridgehead atoms. The van der Waals surface area contributed by atoms with E-state index in [1.54, 1.807) is 26.0 Å². The molecule has 12 heteroatoms. The van der Waals surface area contributed by atoms with E-state index in [0.717, 1.165) is 31.7 Å². The van der Waals surface area contributed by atoms with Gasteiger partial charge in [-0.1, -0.05) is 63.9 Å². The number of rotatable bonds is 10. The van der Waals surface area contributed by atoms with Crippen LogP contribution in [-0.4, -0.2) is 51.7 Å². The molecule has 1 aliphatic rings. The van der Waals surface area contributed by atoms with Gasteiger partial charge in [-0.05, 0) is 43.9 Å². The van der Waals surface area contributed by atoms with Crippen LogP contribution in [-0.2, 0) is 30.5 Å². The van der Waals surface area contributed by atoms with Crippen molar-refractivity contribution in [1.29, 1.82) is 0 Å². The first-order valence-electron chi connectivity index (χ1n) is 14.3. The molecule has 10 nitrogen and oxygen atoms in total. The Labute approximate surface area is 250 Å². The summed E-state index contributed by atoms with van der Waals surface area (Å²) in [6.07, 6.45) is 8.71. The van der Waals surface area contributed by atoms with E-state index in [1.165, 1.54) is 30.8 Å². The van der Waals surface area contributed by atoms with Gasteiger partial charge in [0.25, 0.3) is 11.8 Å². The first kappa shape index (κ1) is 34.7. The number of ether oxygens (including phenoxy) is 1. The summed E-state index contributed by atoms with van der Waals surface area (Å²) >= 11 is 1.25. The Morgan fingerprint density at radius 2 is 1.93 bits per heavy atom. The second-order valence-corrected chi connectivity index (χ2v) is 11.3. The second-order valence-electron chi connectivity index (χ2n) is 10.2. The maximum Gasteiger partial charge on any atom is 0.329 e. The van der Waals surface area contributed by atoms with Crippen LogP contribution in [0.2, 0.25) is 0 Å². The summed E-state index contributed by atoms with van der Waals surface area (Å²) in [5.41, 5.74) is -0.521. The zero-order valence-electron chi connectivity index (χ0n) is 24.7. The van der Waals surface area contributed by atoms with Crippen LogP contribution in [0.15, 0.2) is 36.1 Å². The highest BCUT2D eigenvalue weighted by atomic mass is 32.2. The van der Waals surface area contributed by atoms with Crippen LogP contribution in [0.3, 0.4) is 0 Å². The molecule has 42 heavy (non-hydrogen) atoms. The van der Waals surface area contributed by atoms with E-state index >= 15 is 0 Å². The zero-order chi connectivity index (χ0) is 31.1. The fraction of sp³-hybridized carbons (Fsp3) is 0.533. The molecule has 3 amide bonds. The monoisotopic (exact) mass is 604 g/mol. The predicted octanol–water partition coefficient (Wildman–Crippen LogP) is 4.10. The number of esters is 1. The molecule has 2 atom stereocenters. The van der Waals surface area contributed by atoms with Crippen LogP contribution < -0.4 is 16.0 Å². The Bertz CT molecular complexity index is 1190. The number of cyclic esters (lactones) is 1. The first-order valence-corrected chi connectivity index (χ1v) is 15.3. The molecule has 0 aromatic carbocycles. The molecule has 230 valence electrons. The molecule has 0 aliphatic carbocycles. The summed E-state index contributed by atoms with van der Waals surface area (Å²) in [6.45, 7) is 6.93. The number of carbonyl (C=O) groups excluding carboxylic acids is 5. The van der Waals surface area contributed by atoms with Crippen LogP contribution in [0, 0.1) is 11.7 Å². The van der Waals surface area contributed by atoms with Crippen LogP contribution in [0.4, 0.5) is 4.39 Å². The van der Waals surface area contributed by atoms with Crippen molar-refractivity contribution in [2.45, 2.75) is 91.3 Å². The van der Waals surface area contributed by atoms with Crippen molar-refractivity contribution in [2.75, 3.05) is 5.75 Å². The molecule has 3 N–H and O–H groups in total. The van der Waals surface area contributed by atoms with Gasteiger partial charge in [-0.15, -0.1) is 0 Å². The lowest BCUT2D eigenvalue weighted by molar-refractivity contribution is -0.153. The standard InChI is InChI=1S/C30H41FN4O6S/c1-5-7-8-9-13-25(37)42-16-11-10-12-21-17-24(36)32-18-20-14-15-22(31)27(33-20)29(39)34-23(6-2)28(38)35-26(19(3)4)30(40)41-21/h6,10,12,14-15,19,21,26H,5,7-9,11,13,16-18H2,1-4H3,(H,32,36)(H,34,39)(H,35,38)/b12-10+,23-6-/t21-,26+/m1/s1. The molecule has 0 saturated heterocycles. The maximum absolute atomic E-state index is 14.4. The van der Waals surface area contributed by atoms with E-state index < -0.39 is 53.3 Å². The molecular formula is C30H41FN4O6S. The molecule has 0 spiro atoms. The van der Waals surface area contributed by atoms with Crippen LogP contribution in [0.5, 0.6) is 0 Å². The van der Waals surface area contributed by atoms with Crippen molar-refractivity contribution in [2.24, 2.45) is 5.92 Å². The number of carbonyl (C=O) groups is 5. The van der Waals surface area contributed by atoms with E-state index in [9.17, 15) is 28.4 Å². The molecule has 1 aromatic heterocycles. The minimum atomic E-state index is -1.10. The molecule has 2 rings (SSSR count). The fourth-order valence-electron chi connectivity index (χ4n) is 3.97. The Hall–Kier alpha value is -3.54. The van der Waals surface area contributed by atoms with Crippen molar-refractivity contribution in [3.63, 3.8) is 0 Å². The second kappa shape index (κ2) is 18.1. The average molecular weight is 605 g/mol. The topological polar surface area (TPSA) is 144 Å². The number of nitrogens with zero attached hydrogens (tertiary/aromatic N) is 1. The predicted molar refractivity (Wildman–Crippen MR) is 159 cm³/mol. The summed E-state index contributed by atoms with van der Waals surface area (Å²) in [5, 5.41) is 7.68. The third-order valence-corrected chi connectivity index (χ3v) is 7.33. The summed E-state index contributed by atoms with van der Waals surface area (Å²) in [5.74, 6) is -3.71. The van der Waals surface area contributed by atoms with Gasteiger partial charge in [0.2, 0.25) is 5.91 Å². The lowest BCUT2D eigenvalue weighted by atomic mass is 10.0. The van der Waals surface area contributed by atoms with E-state index in [4.69, 9.17) is 4.74 Å². The minimum absolute atomic E-state index is 0.105. The summed E-state index contributed by atoms with van der Waals surface area (Å²) < 4.78 is 20.1. The number of halogens is 1.